The molecule has 0 bridgehead atoms. The number of piperidine rings is 1. The zero-order chi connectivity index (χ0) is 20.4. The van der Waals surface area contributed by atoms with Gasteiger partial charge >= 0.3 is 0 Å². The normalized spacial score (nSPS) is 24.8. The molecular formula is C23H32N2O4. The fourth-order valence-corrected chi connectivity index (χ4v) is 4.31. The quantitative estimate of drug-likeness (QED) is 0.824. The summed E-state index contributed by atoms with van der Waals surface area (Å²) >= 11 is 0. The van der Waals surface area contributed by atoms with Crippen molar-refractivity contribution in [3.63, 3.8) is 0 Å². The van der Waals surface area contributed by atoms with Crippen LogP contribution in [0.3, 0.4) is 0 Å². The summed E-state index contributed by atoms with van der Waals surface area (Å²) in [5.41, 5.74) is 0.421. The summed E-state index contributed by atoms with van der Waals surface area (Å²) in [7, 11) is 0. The molecule has 6 nitrogen and oxygen atoms in total. The Bertz CT molecular complexity index is 751. The van der Waals surface area contributed by atoms with Gasteiger partial charge in [0.2, 0.25) is 5.91 Å². The maximum Gasteiger partial charge on any atom is 0.251 e. The van der Waals surface area contributed by atoms with E-state index in [1.807, 2.05) is 29.2 Å². The van der Waals surface area contributed by atoms with Gasteiger partial charge in [0.25, 0.3) is 5.91 Å². The summed E-state index contributed by atoms with van der Waals surface area (Å²) in [5.74, 6) is 1.25. The summed E-state index contributed by atoms with van der Waals surface area (Å²) in [6.45, 7) is 6.31. The number of hydrogen-bond acceptors (Lipinski definition) is 4. The van der Waals surface area contributed by atoms with Gasteiger partial charge in [-0.25, -0.2) is 0 Å². The molecular weight excluding hydrogens is 368 g/mol. The molecule has 2 saturated heterocycles. The largest absolute Gasteiger partial charge is 0.490 e. The van der Waals surface area contributed by atoms with E-state index in [-0.39, 0.29) is 29.6 Å². The van der Waals surface area contributed by atoms with Crippen molar-refractivity contribution in [2.45, 2.75) is 70.1 Å². The van der Waals surface area contributed by atoms with E-state index in [1.165, 1.54) is 0 Å². The maximum atomic E-state index is 12.7. The topological polar surface area (TPSA) is 67.9 Å². The first kappa shape index (κ1) is 20.2. The fourth-order valence-electron chi connectivity index (χ4n) is 4.31. The number of nitrogens with zero attached hydrogens (tertiary/aromatic N) is 1. The fraction of sp³-hybridized carbons (Fsp3) is 0.652. The Balaban J connectivity index is 1.29. The zero-order valence-electron chi connectivity index (χ0n) is 17.5. The van der Waals surface area contributed by atoms with Crippen molar-refractivity contribution in [1.82, 2.24) is 10.2 Å². The summed E-state index contributed by atoms with van der Waals surface area (Å²) in [5, 5.41) is 3.14. The van der Waals surface area contributed by atoms with Crippen molar-refractivity contribution in [2.24, 2.45) is 5.92 Å². The van der Waals surface area contributed by atoms with Crippen molar-refractivity contribution < 1.29 is 19.1 Å². The molecule has 1 aromatic carbocycles. The lowest BCUT2D eigenvalue weighted by Crippen LogP contribution is -2.45. The number of amides is 2. The predicted molar refractivity (Wildman–Crippen MR) is 110 cm³/mol. The molecule has 1 atom stereocenters. The van der Waals surface area contributed by atoms with Crippen molar-refractivity contribution in [1.29, 1.82) is 0 Å². The molecule has 1 unspecified atom stereocenters. The Hall–Kier alpha value is -2.08. The molecule has 0 radical (unpaired) electrons. The number of rotatable bonds is 5. The van der Waals surface area contributed by atoms with Gasteiger partial charge in [-0.1, -0.05) is 6.07 Å². The van der Waals surface area contributed by atoms with E-state index in [2.05, 4.69) is 19.2 Å². The lowest BCUT2D eigenvalue weighted by molar-refractivity contribution is -0.134. The Kier molecular flexibility index (Phi) is 5.81. The lowest BCUT2D eigenvalue weighted by atomic mass is 9.94. The zero-order valence-corrected chi connectivity index (χ0v) is 17.5. The van der Waals surface area contributed by atoms with Crippen LogP contribution in [0.2, 0.25) is 0 Å². The molecule has 2 aliphatic heterocycles. The molecule has 2 heterocycles. The van der Waals surface area contributed by atoms with Crippen molar-refractivity contribution in [3.05, 3.63) is 29.8 Å². The van der Waals surface area contributed by atoms with Crippen LogP contribution in [0, 0.1) is 5.92 Å². The van der Waals surface area contributed by atoms with E-state index >= 15 is 0 Å². The van der Waals surface area contributed by atoms with Crippen molar-refractivity contribution >= 4 is 11.8 Å². The standard InChI is InChI=1S/C23H32N2O4/c1-23(2)15-18(10-13-28-23)24-21(26)17-4-3-5-20(14-17)29-19-8-11-25(12-9-19)22(27)16-6-7-16/h3-5,14,16,18-19H,6-13,15H2,1-2H3,(H,24,26). The molecule has 4 rings (SSSR count). The van der Waals surface area contributed by atoms with Crippen LogP contribution in [0.25, 0.3) is 0 Å². The van der Waals surface area contributed by atoms with E-state index in [4.69, 9.17) is 9.47 Å². The first-order valence-electron chi connectivity index (χ1n) is 10.9. The Morgan fingerprint density at radius 2 is 1.90 bits per heavy atom. The number of nitrogens with one attached hydrogen (secondary N) is 1. The SMILES string of the molecule is CC1(C)CC(NC(=O)c2cccc(OC3CCN(C(=O)C4CC4)CC3)c2)CCO1. The summed E-state index contributed by atoms with van der Waals surface area (Å²) in [6.07, 6.45) is 5.52. The molecule has 1 saturated carbocycles. The highest BCUT2D eigenvalue weighted by atomic mass is 16.5. The molecule has 1 N–H and O–H groups in total. The average Bonchev–Trinajstić information content (AvgIpc) is 3.53. The predicted octanol–water partition coefficient (Wildman–Crippen LogP) is 3.15. The van der Waals surface area contributed by atoms with Crippen molar-refractivity contribution in [3.8, 4) is 5.75 Å². The Labute approximate surface area is 172 Å². The summed E-state index contributed by atoms with van der Waals surface area (Å²) in [4.78, 5) is 26.9. The molecule has 3 fully saturated rings. The maximum absolute atomic E-state index is 12.7. The van der Waals surface area contributed by atoms with Crippen LogP contribution in [0.1, 0.15) is 62.7 Å². The molecule has 158 valence electrons. The van der Waals surface area contributed by atoms with Gasteiger partial charge in [-0.05, 0) is 57.7 Å². The van der Waals surface area contributed by atoms with E-state index in [0.29, 0.717) is 18.1 Å². The third kappa shape index (κ3) is 5.30. The smallest absolute Gasteiger partial charge is 0.251 e. The highest BCUT2D eigenvalue weighted by Gasteiger charge is 2.35. The number of ether oxygens (including phenoxy) is 2. The van der Waals surface area contributed by atoms with E-state index in [9.17, 15) is 9.59 Å². The highest BCUT2D eigenvalue weighted by molar-refractivity contribution is 5.94. The molecule has 1 aromatic rings. The van der Waals surface area contributed by atoms with Gasteiger partial charge in [-0.3, -0.25) is 9.59 Å². The second-order valence-corrected chi connectivity index (χ2v) is 9.22. The van der Waals surface area contributed by atoms with Crippen LogP contribution in [0.4, 0.5) is 0 Å². The summed E-state index contributed by atoms with van der Waals surface area (Å²) in [6, 6.07) is 7.54. The van der Waals surface area contributed by atoms with Gasteiger partial charge < -0.3 is 19.7 Å². The third-order valence-corrected chi connectivity index (χ3v) is 6.11. The highest BCUT2D eigenvalue weighted by Crippen LogP contribution is 2.32. The van der Waals surface area contributed by atoms with Crippen LogP contribution in [-0.4, -0.2) is 54.2 Å². The Morgan fingerprint density at radius 3 is 2.59 bits per heavy atom. The molecule has 6 heteroatoms. The molecule has 29 heavy (non-hydrogen) atoms. The van der Waals surface area contributed by atoms with Gasteiger partial charge in [0.05, 0.1) is 5.60 Å². The third-order valence-electron chi connectivity index (χ3n) is 6.11. The number of likely N-dealkylation sites (tertiary alicyclic amines) is 1. The molecule has 1 aliphatic carbocycles. The average molecular weight is 401 g/mol. The lowest BCUT2D eigenvalue weighted by Gasteiger charge is -2.35. The van der Waals surface area contributed by atoms with E-state index in [1.54, 1.807) is 0 Å². The first-order chi connectivity index (χ1) is 13.9. The molecule has 0 aromatic heterocycles. The minimum Gasteiger partial charge on any atom is -0.490 e. The number of hydrogen-bond donors (Lipinski definition) is 1. The second kappa shape index (κ2) is 8.34. The molecule has 2 amide bonds. The Morgan fingerprint density at radius 1 is 1.14 bits per heavy atom. The van der Waals surface area contributed by atoms with Crippen LogP contribution >= 0.6 is 0 Å². The number of carbonyl (C=O) groups is 2. The minimum atomic E-state index is -0.198. The van der Waals surface area contributed by atoms with Crippen LogP contribution in [-0.2, 0) is 9.53 Å². The second-order valence-electron chi connectivity index (χ2n) is 9.22. The van der Waals surface area contributed by atoms with Crippen LogP contribution in [0.15, 0.2) is 24.3 Å². The van der Waals surface area contributed by atoms with Gasteiger partial charge in [0, 0.05) is 50.1 Å². The summed E-state index contributed by atoms with van der Waals surface area (Å²) < 4.78 is 11.9. The monoisotopic (exact) mass is 400 g/mol. The van der Waals surface area contributed by atoms with Gasteiger partial charge in [-0.15, -0.1) is 0 Å². The van der Waals surface area contributed by atoms with Gasteiger partial charge in [0.15, 0.2) is 0 Å². The van der Waals surface area contributed by atoms with Crippen molar-refractivity contribution in [2.75, 3.05) is 19.7 Å². The van der Waals surface area contributed by atoms with E-state index in [0.717, 1.165) is 57.4 Å². The van der Waals surface area contributed by atoms with Gasteiger partial charge in [-0.2, -0.15) is 0 Å². The van der Waals surface area contributed by atoms with Gasteiger partial charge in [0.1, 0.15) is 11.9 Å². The first-order valence-corrected chi connectivity index (χ1v) is 10.9. The number of carbonyl (C=O) groups excluding carboxylic acids is 2. The van der Waals surface area contributed by atoms with E-state index < -0.39 is 0 Å². The minimum absolute atomic E-state index is 0.0667. The van der Waals surface area contributed by atoms with Crippen LogP contribution in [0.5, 0.6) is 5.75 Å². The molecule has 0 spiro atoms. The molecule has 3 aliphatic rings. The number of benzene rings is 1. The van der Waals surface area contributed by atoms with Crippen LogP contribution < -0.4 is 10.1 Å².